The number of anilines is 2. The summed E-state index contributed by atoms with van der Waals surface area (Å²) in [6, 6.07) is 15.1. The lowest BCUT2D eigenvalue weighted by atomic mass is 10.0. The fourth-order valence-corrected chi connectivity index (χ4v) is 5.83. The van der Waals surface area contributed by atoms with Gasteiger partial charge in [-0.15, -0.1) is 0 Å². The molecule has 1 aliphatic rings. The first-order valence-corrected chi connectivity index (χ1v) is 15.5. The third-order valence-electron chi connectivity index (χ3n) is 7.43. The average Bonchev–Trinajstić information content (AvgIpc) is 3.05. The molecule has 0 radical (unpaired) electrons. The minimum absolute atomic E-state index is 0.0351. The summed E-state index contributed by atoms with van der Waals surface area (Å²) in [5, 5.41) is 12.6. The summed E-state index contributed by atoms with van der Waals surface area (Å²) < 4.78 is 53.5. The minimum atomic E-state index is -3.95. The molecular weight excluding hydrogens is 591 g/mol. The van der Waals surface area contributed by atoms with E-state index in [0.29, 0.717) is 22.7 Å². The first-order chi connectivity index (χ1) is 20.9. The Morgan fingerprint density at radius 1 is 1.14 bits per heavy atom. The zero-order chi connectivity index (χ0) is 32.0. The number of amides is 3. The standard InChI is InChI=1S/C31H37FN4O7S/c1-20-17-36(21(2)19-37)30(38)16-22-15-25(34-44(40,41)27-12-10-26(42-4)11-13-27)9-14-28(22)43-29(20)18-35(3)31(39)33-24-7-5-23(32)6-8-24/h5-15,20-21,29,34,37H,16-19H2,1-4H3,(H,33,39)/t20-,21-,29+/m0/s1. The molecule has 0 saturated carbocycles. The van der Waals surface area contributed by atoms with E-state index in [1.165, 1.54) is 48.4 Å². The van der Waals surface area contributed by atoms with Crippen molar-refractivity contribution in [3.63, 3.8) is 0 Å². The van der Waals surface area contributed by atoms with Crippen LogP contribution in [0.25, 0.3) is 0 Å². The fraction of sp³-hybridized carbons (Fsp3) is 0.355. The molecule has 1 heterocycles. The van der Waals surface area contributed by atoms with Gasteiger partial charge in [-0.3, -0.25) is 9.52 Å². The Bertz CT molecular complexity index is 1570. The molecule has 44 heavy (non-hydrogen) atoms. The quantitative estimate of drug-likeness (QED) is 0.326. The predicted octanol–water partition coefficient (Wildman–Crippen LogP) is 3.95. The van der Waals surface area contributed by atoms with Crippen LogP contribution in [-0.4, -0.2) is 81.3 Å². The van der Waals surface area contributed by atoms with E-state index in [4.69, 9.17) is 9.47 Å². The van der Waals surface area contributed by atoms with E-state index in [1.807, 2.05) is 6.92 Å². The average molecular weight is 629 g/mol. The highest BCUT2D eigenvalue weighted by molar-refractivity contribution is 7.92. The molecule has 13 heteroatoms. The lowest BCUT2D eigenvalue weighted by molar-refractivity contribution is -0.134. The second-order valence-electron chi connectivity index (χ2n) is 10.8. The zero-order valence-corrected chi connectivity index (χ0v) is 25.8. The molecule has 0 aromatic heterocycles. The number of hydrogen-bond acceptors (Lipinski definition) is 7. The van der Waals surface area contributed by atoms with Crippen LogP contribution in [0.2, 0.25) is 0 Å². The summed E-state index contributed by atoms with van der Waals surface area (Å²) in [5.74, 6) is -0.0698. The Hall–Kier alpha value is -4.36. The lowest BCUT2D eigenvalue weighted by Crippen LogP contribution is -2.48. The number of ether oxygens (including phenoxy) is 2. The van der Waals surface area contributed by atoms with Crippen LogP contribution < -0.4 is 19.5 Å². The van der Waals surface area contributed by atoms with Crippen LogP contribution in [0.3, 0.4) is 0 Å². The molecule has 3 N–H and O–H groups in total. The lowest BCUT2D eigenvalue weighted by Gasteiger charge is -2.34. The molecule has 0 aliphatic carbocycles. The summed E-state index contributed by atoms with van der Waals surface area (Å²) in [5.41, 5.74) is 1.10. The number of likely N-dealkylation sites (N-methyl/N-ethyl adjacent to an activating group) is 1. The SMILES string of the molecule is COc1ccc(S(=O)(=O)Nc2ccc3c(c2)CC(=O)N([C@@H](C)CO)C[C@H](C)[C@@H](CN(C)C(=O)Nc2ccc(F)cc2)O3)cc1. The maximum Gasteiger partial charge on any atom is 0.321 e. The predicted molar refractivity (Wildman–Crippen MR) is 164 cm³/mol. The monoisotopic (exact) mass is 628 g/mol. The van der Waals surface area contributed by atoms with Crippen molar-refractivity contribution < 1.29 is 37.0 Å². The highest BCUT2D eigenvalue weighted by Gasteiger charge is 2.32. The van der Waals surface area contributed by atoms with Crippen molar-refractivity contribution in [3.8, 4) is 11.5 Å². The van der Waals surface area contributed by atoms with Crippen LogP contribution in [0.4, 0.5) is 20.6 Å². The number of aliphatic hydroxyl groups excluding tert-OH is 1. The molecule has 3 atom stereocenters. The molecule has 3 amide bonds. The van der Waals surface area contributed by atoms with Crippen molar-refractivity contribution in [2.24, 2.45) is 5.92 Å². The number of nitrogens with zero attached hydrogens (tertiary/aromatic N) is 2. The maximum absolute atomic E-state index is 13.5. The normalized spacial score (nSPS) is 17.7. The van der Waals surface area contributed by atoms with Crippen molar-refractivity contribution in [3.05, 3.63) is 78.1 Å². The molecule has 3 aromatic carbocycles. The molecule has 236 valence electrons. The van der Waals surface area contributed by atoms with Gasteiger partial charge in [0.25, 0.3) is 10.0 Å². The Labute approximate surface area is 256 Å². The second-order valence-corrected chi connectivity index (χ2v) is 12.5. The van der Waals surface area contributed by atoms with Gasteiger partial charge >= 0.3 is 6.03 Å². The maximum atomic E-state index is 13.5. The van der Waals surface area contributed by atoms with E-state index < -0.39 is 34.0 Å². The van der Waals surface area contributed by atoms with Crippen molar-refractivity contribution in [2.45, 2.75) is 37.3 Å². The van der Waals surface area contributed by atoms with Gasteiger partial charge in [0.15, 0.2) is 0 Å². The van der Waals surface area contributed by atoms with Gasteiger partial charge in [0, 0.05) is 36.4 Å². The molecule has 11 nitrogen and oxygen atoms in total. The molecule has 0 saturated heterocycles. The summed E-state index contributed by atoms with van der Waals surface area (Å²) in [6.45, 7) is 3.77. The number of fused-ring (bicyclic) bond motifs is 1. The third kappa shape index (κ3) is 7.97. The Morgan fingerprint density at radius 3 is 2.43 bits per heavy atom. The number of nitrogens with one attached hydrogen (secondary N) is 2. The summed E-state index contributed by atoms with van der Waals surface area (Å²) >= 11 is 0. The molecule has 0 unspecified atom stereocenters. The second kappa shape index (κ2) is 14.0. The van der Waals surface area contributed by atoms with Gasteiger partial charge in [-0.1, -0.05) is 6.92 Å². The smallest absolute Gasteiger partial charge is 0.321 e. The summed E-state index contributed by atoms with van der Waals surface area (Å²) in [4.78, 5) is 29.5. The number of aliphatic hydroxyl groups is 1. The van der Waals surface area contributed by atoms with Gasteiger partial charge in [0.2, 0.25) is 5.91 Å². The van der Waals surface area contributed by atoms with Gasteiger partial charge < -0.3 is 29.7 Å². The Morgan fingerprint density at radius 2 is 1.80 bits per heavy atom. The largest absolute Gasteiger partial charge is 0.497 e. The van der Waals surface area contributed by atoms with Gasteiger partial charge in [0.05, 0.1) is 37.6 Å². The van der Waals surface area contributed by atoms with Crippen LogP contribution >= 0.6 is 0 Å². The third-order valence-corrected chi connectivity index (χ3v) is 8.83. The van der Waals surface area contributed by atoms with Crippen molar-refractivity contribution in [1.82, 2.24) is 9.80 Å². The number of benzene rings is 3. The van der Waals surface area contributed by atoms with Gasteiger partial charge in [-0.05, 0) is 73.7 Å². The van der Waals surface area contributed by atoms with E-state index in [-0.39, 0.29) is 48.5 Å². The van der Waals surface area contributed by atoms with E-state index in [9.17, 15) is 27.5 Å². The van der Waals surface area contributed by atoms with Crippen LogP contribution in [0.1, 0.15) is 19.4 Å². The van der Waals surface area contributed by atoms with E-state index in [0.717, 1.165) is 0 Å². The van der Waals surface area contributed by atoms with Gasteiger partial charge in [-0.25, -0.2) is 17.6 Å². The highest BCUT2D eigenvalue weighted by Crippen LogP contribution is 2.30. The van der Waals surface area contributed by atoms with E-state index in [2.05, 4.69) is 10.0 Å². The van der Waals surface area contributed by atoms with Crippen LogP contribution in [0, 0.1) is 11.7 Å². The van der Waals surface area contributed by atoms with Gasteiger partial charge in [-0.2, -0.15) is 0 Å². The Balaban J connectivity index is 1.60. The van der Waals surface area contributed by atoms with Crippen LogP contribution in [-0.2, 0) is 21.2 Å². The summed E-state index contributed by atoms with van der Waals surface area (Å²) in [6.07, 6.45) is -0.683. The van der Waals surface area contributed by atoms with Crippen LogP contribution in [0.5, 0.6) is 11.5 Å². The number of rotatable bonds is 9. The molecule has 0 spiro atoms. The zero-order valence-electron chi connectivity index (χ0n) is 25.0. The van der Waals surface area contributed by atoms with Crippen LogP contribution in [0.15, 0.2) is 71.6 Å². The molecule has 0 fully saturated rings. The molecular formula is C31H37FN4O7S. The highest BCUT2D eigenvalue weighted by atomic mass is 32.2. The fourth-order valence-electron chi connectivity index (χ4n) is 4.78. The summed E-state index contributed by atoms with van der Waals surface area (Å²) in [7, 11) is -0.868. The number of methoxy groups -OCH3 is 1. The Kier molecular flexibility index (Phi) is 10.3. The van der Waals surface area contributed by atoms with E-state index in [1.54, 1.807) is 49.2 Å². The first-order valence-electron chi connectivity index (χ1n) is 14.0. The van der Waals surface area contributed by atoms with Crippen molar-refractivity contribution >= 4 is 33.3 Å². The molecule has 1 aliphatic heterocycles. The van der Waals surface area contributed by atoms with Gasteiger partial charge in [0.1, 0.15) is 23.4 Å². The molecule has 0 bridgehead atoms. The number of carbonyl (C=O) groups excluding carboxylic acids is 2. The van der Waals surface area contributed by atoms with Crippen molar-refractivity contribution in [1.29, 1.82) is 0 Å². The minimum Gasteiger partial charge on any atom is -0.497 e. The number of hydrogen-bond donors (Lipinski definition) is 3. The molecule has 4 rings (SSSR count). The first kappa shape index (κ1) is 32.6. The molecule has 3 aromatic rings. The van der Waals surface area contributed by atoms with E-state index >= 15 is 0 Å². The topological polar surface area (TPSA) is 138 Å². The number of urea groups is 1. The van der Waals surface area contributed by atoms with Crippen molar-refractivity contribution in [2.75, 3.05) is 43.9 Å². The number of carbonyl (C=O) groups is 2. The number of halogens is 1. The number of sulfonamides is 1.